The van der Waals surface area contributed by atoms with Crippen LogP contribution in [0.15, 0.2) is 53.2 Å². The molecule has 1 aliphatic heterocycles. The minimum atomic E-state index is 0.103. The average molecular weight is 337 g/mol. The Hall–Kier alpha value is -2.47. The van der Waals surface area contributed by atoms with Crippen molar-refractivity contribution >= 4 is 0 Å². The topological polar surface area (TPSA) is 60.0 Å². The third-order valence-corrected chi connectivity index (χ3v) is 4.95. The van der Waals surface area contributed by atoms with Crippen LogP contribution in [0.25, 0.3) is 11.5 Å². The van der Waals surface area contributed by atoms with E-state index in [0.717, 1.165) is 18.7 Å². The summed E-state index contributed by atoms with van der Waals surface area (Å²) in [4.78, 5) is 2.48. The quantitative estimate of drug-likeness (QED) is 0.712. The highest BCUT2D eigenvalue weighted by atomic mass is 16.4. The molecular formula is C19H23N5O. The van der Waals surface area contributed by atoms with Gasteiger partial charge < -0.3 is 4.42 Å². The molecule has 0 amide bonds. The van der Waals surface area contributed by atoms with Crippen molar-refractivity contribution in [3.8, 4) is 11.5 Å². The molecule has 1 fully saturated rings. The van der Waals surface area contributed by atoms with Gasteiger partial charge >= 0.3 is 0 Å². The molecule has 130 valence electrons. The molecule has 6 heteroatoms. The molecule has 3 aromatic rings. The summed E-state index contributed by atoms with van der Waals surface area (Å²) in [5.74, 6) is 1.27. The van der Waals surface area contributed by atoms with Gasteiger partial charge in [-0.25, -0.2) is 0 Å². The Morgan fingerprint density at radius 2 is 2.04 bits per heavy atom. The van der Waals surface area contributed by atoms with Gasteiger partial charge in [-0.05, 0) is 44.5 Å². The number of likely N-dealkylation sites (tertiary alicyclic amines) is 1. The van der Waals surface area contributed by atoms with Crippen molar-refractivity contribution in [2.24, 2.45) is 0 Å². The molecule has 0 N–H and O–H groups in total. The van der Waals surface area contributed by atoms with Crippen LogP contribution in [0.2, 0.25) is 0 Å². The van der Waals surface area contributed by atoms with Crippen LogP contribution in [-0.2, 0) is 6.54 Å². The summed E-state index contributed by atoms with van der Waals surface area (Å²) in [6, 6.07) is 12.4. The Kier molecular flexibility index (Phi) is 4.61. The van der Waals surface area contributed by atoms with E-state index in [-0.39, 0.29) is 6.04 Å². The Bertz CT molecular complexity index is 783. The van der Waals surface area contributed by atoms with Crippen molar-refractivity contribution in [3.63, 3.8) is 0 Å². The van der Waals surface area contributed by atoms with Crippen LogP contribution < -0.4 is 0 Å². The average Bonchev–Trinajstić information content (AvgIpc) is 3.34. The molecule has 1 aliphatic rings. The smallest absolute Gasteiger partial charge is 0.247 e. The van der Waals surface area contributed by atoms with E-state index in [1.165, 1.54) is 19.3 Å². The number of aromatic nitrogens is 4. The van der Waals surface area contributed by atoms with Crippen molar-refractivity contribution in [2.45, 2.75) is 44.8 Å². The molecule has 3 heterocycles. The fourth-order valence-corrected chi connectivity index (χ4v) is 3.60. The molecule has 1 saturated heterocycles. The lowest BCUT2D eigenvalue weighted by molar-refractivity contribution is 0.0755. The number of benzene rings is 1. The Morgan fingerprint density at radius 1 is 1.16 bits per heavy atom. The second-order valence-electron chi connectivity index (χ2n) is 6.60. The zero-order valence-electron chi connectivity index (χ0n) is 14.5. The van der Waals surface area contributed by atoms with Crippen LogP contribution in [0.1, 0.15) is 38.1 Å². The summed E-state index contributed by atoms with van der Waals surface area (Å²) in [5.41, 5.74) is 0.959. The van der Waals surface area contributed by atoms with Gasteiger partial charge in [-0.1, -0.05) is 24.6 Å². The highest BCUT2D eigenvalue weighted by Gasteiger charge is 2.30. The SMILES string of the molecule is C[C@@H](c1nnc(-c2ccccc2)o1)N1CCCC[C@@H]1Cn1cccn1. The van der Waals surface area contributed by atoms with Gasteiger partial charge in [0.05, 0.1) is 12.6 Å². The summed E-state index contributed by atoms with van der Waals surface area (Å²) in [5, 5.41) is 12.9. The van der Waals surface area contributed by atoms with Gasteiger partial charge in [0, 0.05) is 24.0 Å². The van der Waals surface area contributed by atoms with E-state index >= 15 is 0 Å². The first-order valence-corrected chi connectivity index (χ1v) is 8.93. The zero-order chi connectivity index (χ0) is 17.1. The van der Waals surface area contributed by atoms with Crippen molar-refractivity contribution in [3.05, 3.63) is 54.7 Å². The maximum Gasteiger partial charge on any atom is 0.247 e. The molecule has 2 aromatic heterocycles. The first-order chi connectivity index (χ1) is 12.3. The van der Waals surface area contributed by atoms with Gasteiger partial charge in [-0.3, -0.25) is 9.58 Å². The standard InChI is InChI=1S/C19H23N5O/c1-15(18-21-22-19(25-18)16-8-3-2-4-9-16)24-13-6-5-10-17(24)14-23-12-7-11-20-23/h2-4,7-9,11-12,15,17H,5-6,10,13-14H2,1H3/t15-,17+/m0/s1. The molecule has 2 atom stereocenters. The van der Waals surface area contributed by atoms with E-state index in [2.05, 4.69) is 27.1 Å². The minimum Gasteiger partial charge on any atom is -0.419 e. The normalized spacial score (nSPS) is 19.8. The molecule has 0 spiro atoms. The van der Waals surface area contributed by atoms with Crippen molar-refractivity contribution in [1.29, 1.82) is 0 Å². The number of rotatable bonds is 5. The summed E-state index contributed by atoms with van der Waals surface area (Å²) in [7, 11) is 0. The van der Waals surface area contributed by atoms with Crippen LogP contribution >= 0.6 is 0 Å². The van der Waals surface area contributed by atoms with E-state index in [1.807, 2.05) is 53.5 Å². The first-order valence-electron chi connectivity index (χ1n) is 8.93. The van der Waals surface area contributed by atoms with Crippen LogP contribution in [0, 0.1) is 0 Å². The first kappa shape index (κ1) is 16.0. The highest BCUT2D eigenvalue weighted by molar-refractivity contribution is 5.51. The molecule has 0 bridgehead atoms. The maximum absolute atomic E-state index is 5.98. The molecule has 25 heavy (non-hydrogen) atoms. The lowest BCUT2D eigenvalue weighted by Gasteiger charge is -2.38. The van der Waals surface area contributed by atoms with Crippen LogP contribution in [0.4, 0.5) is 0 Å². The largest absolute Gasteiger partial charge is 0.419 e. The fourth-order valence-electron chi connectivity index (χ4n) is 3.60. The monoisotopic (exact) mass is 337 g/mol. The van der Waals surface area contributed by atoms with Crippen molar-refractivity contribution in [1.82, 2.24) is 24.9 Å². The molecule has 0 saturated carbocycles. The van der Waals surface area contributed by atoms with Gasteiger partial charge in [-0.2, -0.15) is 5.10 Å². The molecule has 6 nitrogen and oxygen atoms in total. The molecular weight excluding hydrogens is 314 g/mol. The lowest BCUT2D eigenvalue weighted by atomic mass is 10.00. The lowest BCUT2D eigenvalue weighted by Crippen LogP contribution is -2.43. The van der Waals surface area contributed by atoms with E-state index in [1.54, 1.807) is 0 Å². The van der Waals surface area contributed by atoms with Gasteiger partial charge in [0.15, 0.2) is 0 Å². The minimum absolute atomic E-state index is 0.103. The predicted octanol–water partition coefficient (Wildman–Crippen LogP) is 3.55. The molecule has 0 radical (unpaired) electrons. The molecule has 0 aliphatic carbocycles. The second-order valence-corrected chi connectivity index (χ2v) is 6.60. The van der Waals surface area contributed by atoms with Gasteiger partial charge in [0.25, 0.3) is 0 Å². The van der Waals surface area contributed by atoms with Gasteiger partial charge in [0.2, 0.25) is 11.8 Å². The third-order valence-electron chi connectivity index (χ3n) is 4.95. The summed E-state index contributed by atoms with van der Waals surface area (Å²) >= 11 is 0. The van der Waals surface area contributed by atoms with Crippen molar-refractivity contribution < 1.29 is 4.42 Å². The zero-order valence-corrected chi connectivity index (χ0v) is 14.5. The maximum atomic E-state index is 5.98. The van der Waals surface area contributed by atoms with E-state index in [9.17, 15) is 0 Å². The summed E-state index contributed by atoms with van der Waals surface area (Å²) in [6.07, 6.45) is 7.50. The number of piperidine rings is 1. The molecule has 4 rings (SSSR count). The number of nitrogens with zero attached hydrogens (tertiary/aromatic N) is 5. The van der Waals surface area contributed by atoms with Gasteiger partial charge in [-0.15, -0.1) is 10.2 Å². The molecule has 0 unspecified atom stereocenters. The van der Waals surface area contributed by atoms with Crippen LogP contribution in [0.5, 0.6) is 0 Å². The highest BCUT2D eigenvalue weighted by Crippen LogP contribution is 2.30. The Morgan fingerprint density at radius 3 is 2.84 bits per heavy atom. The van der Waals surface area contributed by atoms with Crippen LogP contribution in [-0.4, -0.2) is 37.5 Å². The molecule has 1 aromatic carbocycles. The van der Waals surface area contributed by atoms with E-state index in [0.29, 0.717) is 17.8 Å². The summed E-state index contributed by atoms with van der Waals surface area (Å²) < 4.78 is 7.99. The Labute approximate surface area is 147 Å². The predicted molar refractivity (Wildman–Crippen MR) is 94.7 cm³/mol. The second kappa shape index (κ2) is 7.19. The van der Waals surface area contributed by atoms with Crippen LogP contribution in [0.3, 0.4) is 0 Å². The third kappa shape index (κ3) is 3.49. The number of hydrogen-bond donors (Lipinski definition) is 0. The summed E-state index contributed by atoms with van der Waals surface area (Å²) in [6.45, 7) is 4.11. The number of hydrogen-bond acceptors (Lipinski definition) is 5. The fraction of sp³-hybridized carbons (Fsp3) is 0.421. The van der Waals surface area contributed by atoms with E-state index in [4.69, 9.17) is 4.42 Å². The van der Waals surface area contributed by atoms with E-state index < -0.39 is 0 Å². The van der Waals surface area contributed by atoms with Crippen molar-refractivity contribution in [2.75, 3.05) is 6.54 Å². The van der Waals surface area contributed by atoms with Gasteiger partial charge in [0.1, 0.15) is 0 Å². The Balaban J connectivity index is 1.52.